The summed E-state index contributed by atoms with van der Waals surface area (Å²) in [5, 5.41) is 0. The third-order valence-corrected chi connectivity index (χ3v) is 2.80. The number of aryl methyl sites for hydroxylation is 1. The van der Waals surface area contributed by atoms with Crippen LogP contribution in [0.4, 0.5) is 0 Å². The largest absolute Gasteiger partial charge is 0.141 e. The summed E-state index contributed by atoms with van der Waals surface area (Å²) < 4.78 is 0. The maximum absolute atomic E-state index is 2.18. The summed E-state index contributed by atoms with van der Waals surface area (Å²) in [5.74, 6) is 0. The van der Waals surface area contributed by atoms with Crippen molar-refractivity contribution >= 4 is 16.9 Å². The number of allylic oxidation sites excluding steroid dienone is 4. The van der Waals surface area contributed by atoms with Crippen LogP contribution in [0.2, 0.25) is 0 Å². The first-order valence-corrected chi connectivity index (χ1v) is 4.92. The van der Waals surface area contributed by atoms with Gasteiger partial charge in [0.1, 0.15) is 0 Å². The van der Waals surface area contributed by atoms with Crippen molar-refractivity contribution < 1.29 is 0 Å². The van der Waals surface area contributed by atoms with Gasteiger partial charge in [-0.2, -0.15) is 0 Å². The van der Waals surface area contributed by atoms with Gasteiger partial charge in [0, 0.05) is 9.75 Å². The lowest BCUT2D eigenvalue weighted by Crippen LogP contribution is -1.67. The molecule has 0 nitrogen and oxygen atoms in total. The number of thiophene rings is 1. The van der Waals surface area contributed by atoms with Gasteiger partial charge in [0.15, 0.2) is 0 Å². The second-order valence-corrected chi connectivity index (χ2v) is 4.07. The van der Waals surface area contributed by atoms with Crippen LogP contribution in [0.3, 0.4) is 0 Å². The molecule has 0 saturated carbocycles. The highest BCUT2D eigenvalue weighted by Crippen LogP contribution is 2.22. The summed E-state index contributed by atoms with van der Waals surface area (Å²) in [5.41, 5.74) is 1.34. The molecule has 1 aromatic rings. The summed E-state index contributed by atoms with van der Waals surface area (Å²) >= 11 is 1.84. The van der Waals surface area contributed by atoms with Crippen molar-refractivity contribution in [2.24, 2.45) is 0 Å². The Morgan fingerprint density at radius 1 is 1.42 bits per heavy atom. The van der Waals surface area contributed by atoms with Crippen molar-refractivity contribution in [3.63, 3.8) is 0 Å². The van der Waals surface area contributed by atoms with Gasteiger partial charge in [0.2, 0.25) is 0 Å². The molecule has 1 heteroatoms. The molecule has 0 fully saturated rings. The van der Waals surface area contributed by atoms with Crippen molar-refractivity contribution in [2.45, 2.75) is 20.8 Å². The van der Waals surface area contributed by atoms with Crippen molar-refractivity contribution in [1.82, 2.24) is 0 Å². The Balaban J connectivity index is 2.84. The molecule has 0 aliphatic carbocycles. The summed E-state index contributed by atoms with van der Waals surface area (Å²) in [6.45, 7) is 6.31. The van der Waals surface area contributed by atoms with E-state index in [9.17, 15) is 0 Å². The van der Waals surface area contributed by atoms with E-state index in [1.807, 2.05) is 24.3 Å². The van der Waals surface area contributed by atoms with Gasteiger partial charge in [-0.1, -0.05) is 18.2 Å². The van der Waals surface area contributed by atoms with E-state index in [1.165, 1.54) is 15.3 Å². The molecule has 0 radical (unpaired) electrons. The molecule has 0 aliphatic heterocycles. The summed E-state index contributed by atoms with van der Waals surface area (Å²) in [7, 11) is 0. The zero-order valence-corrected chi connectivity index (χ0v) is 8.61. The van der Waals surface area contributed by atoms with Crippen molar-refractivity contribution in [3.05, 3.63) is 40.1 Å². The highest BCUT2D eigenvalue weighted by molar-refractivity contribution is 7.13. The monoisotopic (exact) mass is 178 g/mol. The van der Waals surface area contributed by atoms with Crippen LogP contribution in [0.15, 0.2) is 30.4 Å². The van der Waals surface area contributed by atoms with Gasteiger partial charge in [-0.3, -0.25) is 0 Å². The van der Waals surface area contributed by atoms with Crippen molar-refractivity contribution in [2.75, 3.05) is 0 Å². The van der Waals surface area contributed by atoms with E-state index in [2.05, 4.69) is 38.1 Å². The highest BCUT2D eigenvalue weighted by Gasteiger charge is 1.96. The van der Waals surface area contributed by atoms with E-state index < -0.39 is 0 Å². The van der Waals surface area contributed by atoms with E-state index in [1.54, 1.807) is 0 Å². The normalized spacial score (nSPS) is 12.8. The van der Waals surface area contributed by atoms with E-state index in [0.717, 1.165) is 0 Å². The van der Waals surface area contributed by atoms with Gasteiger partial charge < -0.3 is 0 Å². The zero-order chi connectivity index (χ0) is 8.97. The fourth-order valence-corrected chi connectivity index (χ4v) is 1.82. The fraction of sp³-hybridized carbons (Fsp3) is 0.273. The number of hydrogen-bond acceptors (Lipinski definition) is 1. The smallest absolute Gasteiger partial charge is 0.0302 e. The lowest BCUT2D eigenvalue weighted by Gasteiger charge is -1.92. The maximum Gasteiger partial charge on any atom is 0.0302 e. The molecule has 0 saturated heterocycles. The Morgan fingerprint density at radius 2 is 2.17 bits per heavy atom. The van der Waals surface area contributed by atoms with Gasteiger partial charge in [-0.05, 0) is 38.5 Å². The lowest BCUT2D eigenvalue weighted by atomic mass is 10.2. The zero-order valence-electron chi connectivity index (χ0n) is 7.79. The predicted octanol–water partition coefficient (Wildman–Crippen LogP) is 4.04. The van der Waals surface area contributed by atoms with Gasteiger partial charge in [-0.15, -0.1) is 11.3 Å². The molecule has 0 spiro atoms. The molecule has 0 amide bonds. The van der Waals surface area contributed by atoms with Crippen molar-refractivity contribution in [1.29, 1.82) is 0 Å². The lowest BCUT2D eigenvalue weighted by molar-refractivity contribution is 1.63. The SMILES string of the molecule is CC=CC=C(C)c1ccc(C)s1. The molecule has 0 bridgehead atoms. The van der Waals surface area contributed by atoms with Crippen molar-refractivity contribution in [3.8, 4) is 0 Å². The molecule has 12 heavy (non-hydrogen) atoms. The van der Waals surface area contributed by atoms with Crippen LogP contribution in [-0.2, 0) is 0 Å². The second-order valence-electron chi connectivity index (χ2n) is 2.79. The van der Waals surface area contributed by atoms with E-state index in [0.29, 0.717) is 0 Å². The molecule has 0 unspecified atom stereocenters. The first-order chi connectivity index (χ1) is 5.74. The maximum atomic E-state index is 2.18. The third-order valence-electron chi connectivity index (χ3n) is 1.67. The van der Waals surface area contributed by atoms with Crippen LogP contribution in [0.5, 0.6) is 0 Å². The molecule has 64 valence electrons. The number of hydrogen-bond donors (Lipinski definition) is 0. The number of rotatable bonds is 2. The topological polar surface area (TPSA) is 0 Å². The van der Waals surface area contributed by atoms with Crippen LogP contribution in [0.1, 0.15) is 23.6 Å². The van der Waals surface area contributed by atoms with Crippen LogP contribution >= 0.6 is 11.3 Å². The Kier molecular flexibility index (Phi) is 3.30. The minimum atomic E-state index is 1.34. The molecule has 1 rings (SSSR count). The van der Waals surface area contributed by atoms with E-state index in [4.69, 9.17) is 0 Å². The Morgan fingerprint density at radius 3 is 2.67 bits per heavy atom. The van der Waals surface area contributed by atoms with Crippen LogP contribution < -0.4 is 0 Å². The summed E-state index contributed by atoms with van der Waals surface area (Å²) in [6, 6.07) is 4.34. The van der Waals surface area contributed by atoms with Crippen LogP contribution in [0.25, 0.3) is 5.57 Å². The summed E-state index contributed by atoms with van der Waals surface area (Å²) in [4.78, 5) is 2.74. The molecule has 0 aliphatic rings. The molecule has 0 aromatic carbocycles. The first-order valence-electron chi connectivity index (χ1n) is 4.10. The Hall–Kier alpha value is -0.820. The molecular formula is C11H14S. The Bertz CT molecular complexity index is 303. The minimum Gasteiger partial charge on any atom is -0.141 e. The summed E-state index contributed by atoms with van der Waals surface area (Å²) in [6.07, 6.45) is 6.26. The van der Waals surface area contributed by atoms with E-state index >= 15 is 0 Å². The Labute approximate surface area is 78.2 Å². The molecular weight excluding hydrogens is 164 g/mol. The van der Waals surface area contributed by atoms with Crippen LogP contribution in [-0.4, -0.2) is 0 Å². The van der Waals surface area contributed by atoms with Gasteiger partial charge in [0.05, 0.1) is 0 Å². The minimum absolute atomic E-state index is 1.34. The van der Waals surface area contributed by atoms with E-state index in [-0.39, 0.29) is 0 Å². The average Bonchev–Trinajstić information content (AvgIpc) is 2.47. The molecule has 1 aromatic heterocycles. The third kappa shape index (κ3) is 2.35. The average molecular weight is 178 g/mol. The molecule has 1 heterocycles. The predicted molar refractivity (Wildman–Crippen MR) is 57.5 cm³/mol. The van der Waals surface area contributed by atoms with Gasteiger partial charge in [-0.25, -0.2) is 0 Å². The second kappa shape index (κ2) is 4.27. The standard InChI is InChI=1S/C11H14S/c1-4-5-6-9(2)11-8-7-10(3)12-11/h4-8H,1-3H3. The highest BCUT2D eigenvalue weighted by atomic mass is 32.1. The quantitative estimate of drug-likeness (QED) is 0.600. The van der Waals surface area contributed by atoms with Crippen LogP contribution in [0, 0.1) is 6.92 Å². The van der Waals surface area contributed by atoms with Gasteiger partial charge >= 0.3 is 0 Å². The molecule has 0 atom stereocenters. The van der Waals surface area contributed by atoms with Gasteiger partial charge in [0.25, 0.3) is 0 Å². The molecule has 0 N–H and O–H groups in total. The first kappa shape index (κ1) is 9.27. The fourth-order valence-electron chi connectivity index (χ4n) is 0.969.